The average molecular weight is 848 g/mol. The molecule has 2 saturated carbocycles. The van der Waals surface area contributed by atoms with E-state index in [0.29, 0.717) is 5.56 Å². The zero-order chi connectivity index (χ0) is 45.0. The molecule has 6 rings (SSSR count). The van der Waals surface area contributed by atoms with Gasteiger partial charge in [0.05, 0.1) is 35.6 Å². The SMILES string of the molecule is CC(=O)O[C@@H]1C(=O)[C@@]2(C)[C@H](C(OC(=O)c3ccccc3)[C@]3(O)C[C@H](OC(=O)C(O)[C@@H](NC(=O)CC(C)(C)C)c4ccccc4)C(C)=C1C3(C)C)[C@]1(OC(C)=O)CO[C@@H]1C[C@@H]2O. The number of nitrogens with one attached hydrogen (secondary N) is 1. The normalized spacial score (nSPS) is 32.6. The second-order valence-electron chi connectivity index (χ2n) is 18.8. The van der Waals surface area contributed by atoms with Crippen molar-refractivity contribution < 1.29 is 67.8 Å². The van der Waals surface area contributed by atoms with Gasteiger partial charge < -0.3 is 44.3 Å². The Balaban J connectivity index is 1.54. The van der Waals surface area contributed by atoms with Crippen LogP contribution in [0.1, 0.15) is 104 Å². The molecule has 1 amide bonds. The summed E-state index contributed by atoms with van der Waals surface area (Å²) in [6.45, 7) is 13.6. The van der Waals surface area contributed by atoms with Crippen LogP contribution in [0.3, 0.4) is 0 Å². The van der Waals surface area contributed by atoms with Crippen molar-refractivity contribution in [3.63, 3.8) is 0 Å². The maximum atomic E-state index is 15.5. The first-order valence-electron chi connectivity index (χ1n) is 20.5. The van der Waals surface area contributed by atoms with Crippen LogP contribution < -0.4 is 5.32 Å². The first-order valence-corrected chi connectivity index (χ1v) is 20.5. The highest BCUT2D eigenvalue weighted by atomic mass is 16.6. The van der Waals surface area contributed by atoms with Gasteiger partial charge in [-0.15, -0.1) is 0 Å². The van der Waals surface area contributed by atoms with Crippen molar-refractivity contribution in [2.75, 3.05) is 6.61 Å². The van der Waals surface area contributed by atoms with Crippen LogP contribution in [0.5, 0.6) is 0 Å². The summed E-state index contributed by atoms with van der Waals surface area (Å²) in [6, 6.07) is 14.9. The Morgan fingerprint density at radius 1 is 0.918 bits per heavy atom. The molecule has 15 nitrogen and oxygen atoms in total. The van der Waals surface area contributed by atoms with Crippen LogP contribution in [0.2, 0.25) is 0 Å². The molecular formula is C46H57NO14. The van der Waals surface area contributed by atoms with Crippen molar-refractivity contribution in [3.05, 3.63) is 82.9 Å². The summed E-state index contributed by atoms with van der Waals surface area (Å²) in [7, 11) is 0. The van der Waals surface area contributed by atoms with Gasteiger partial charge in [0.2, 0.25) is 5.91 Å². The van der Waals surface area contributed by atoms with Gasteiger partial charge in [0.1, 0.15) is 23.9 Å². The number of carbonyl (C=O) groups is 6. The molecule has 3 fully saturated rings. The van der Waals surface area contributed by atoms with Gasteiger partial charge in [-0.05, 0) is 48.1 Å². The summed E-state index contributed by atoms with van der Waals surface area (Å²) in [5.74, 6) is -6.63. The van der Waals surface area contributed by atoms with E-state index < -0.39 is 118 Å². The number of carbonyl (C=O) groups excluding carboxylic acids is 6. The molecule has 4 aliphatic rings. The van der Waals surface area contributed by atoms with Crippen molar-refractivity contribution in [1.29, 1.82) is 0 Å². The van der Waals surface area contributed by atoms with Crippen LogP contribution in [0.4, 0.5) is 0 Å². The third kappa shape index (κ3) is 8.01. The molecule has 0 aromatic heterocycles. The lowest BCUT2D eigenvalue weighted by Gasteiger charge is -2.67. The predicted octanol–water partition coefficient (Wildman–Crippen LogP) is 3.86. The molecule has 3 aliphatic carbocycles. The van der Waals surface area contributed by atoms with Gasteiger partial charge in [0, 0.05) is 38.5 Å². The average Bonchev–Trinajstić information content (AvgIpc) is 3.17. The quantitative estimate of drug-likeness (QED) is 0.152. The van der Waals surface area contributed by atoms with Crippen LogP contribution in [-0.2, 0) is 47.7 Å². The van der Waals surface area contributed by atoms with Crippen LogP contribution in [0.25, 0.3) is 0 Å². The molecular weight excluding hydrogens is 790 g/mol. The van der Waals surface area contributed by atoms with Gasteiger partial charge in [0.15, 0.2) is 23.6 Å². The fourth-order valence-corrected chi connectivity index (χ4v) is 10.1. The topological polar surface area (TPSA) is 221 Å². The zero-order valence-electron chi connectivity index (χ0n) is 36.1. The lowest BCUT2D eigenvalue weighted by molar-refractivity contribution is -0.346. The number of aliphatic hydroxyl groups excluding tert-OH is 2. The van der Waals surface area contributed by atoms with Crippen LogP contribution in [-0.4, -0.2) is 105 Å². The minimum atomic E-state index is -2.38. The third-order valence-electron chi connectivity index (χ3n) is 13.2. The number of esters is 4. The molecule has 15 heteroatoms. The standard InChI is InChI=1S/C46H57NO14/c1-24-29(59-41(55)35(52)34(27-16-12-10-13-17-27)47-32(51)22-42(4,5)6)21-46(56)39(60-40(54)28-18-14-11-15-19-28)37-44(9,30(50)20-31-45(37,23-57-31)61-26(3)49)38(53)36(58-25(2)48)33(24)43(46,7)8/h10-19,29-31,34-37,39,50,52,56H,20-23H2,1-9H3,(H,47,51)/t29-,30-,31+,34-,35?,36-,37-,39?,44+,45-,46+/m0/s1. The number of fused-ring (bicyclic) bond motifs is 5. The molecule has 61 heavy (non-hydrogen) atoms. The smallest absolute Gasteiger partial charge is 0.338 e. The maximum Gasteiger partial charge on any atom is 0.338 e. The Morgan fingerprint density at radius 2 is 1.52 bits per heavy atom. The van der Waals surface area contributed by atoms with Crippen LogP contribution >= 0.6 is 0 Å². The van der Waals surface area contributed by atoms with Crippen molar-refractivity contribution in [2.45, 2.75) is 135 Å². The summed E-state index contributed by atoms with van der Waals surface area (Å²) in [5.41, 5.74) is -7.60. The van der Waals surface area contributed by atoms with Gasteiger partial charge in [-0.25, -0.2) is 9.59 Å². The first-order chi connectivity index (χ1) is 28.4. The molecule has 330 valence electrons. The Bertz CT molecular complexity index is 2090. The van der Waals surface area contributed by atoms with E-state index in [2.05, 4.69) is 5.32 Å². The molecule has 2 unspecified atom stereocenters. The number of benzene rings is 2. The number of ether oxygens (including phenoxy) is 5. The summed E-state index contributed by atoms with van der Waals surface area (Å²) >= 11 is 0. The molecule has 0 spiro atoms. The number of hydrogen-bond acceptors (Lipinski definition) is 14. The monoisotopic (exact) mass is 847 g/mol. The third-order valence-corrected chi connectivity index (χ3v) is 13.2. The fourth-order valence-electron chi connectivity index (χ4n) is 10.1. The summed E-state index contributed by atoms with van der Waals surface area (Å²) in [5, 5.41) is 40.2. The second-order valence-corrected chi connectivity index (χ2v) is 18.8. The molecule has 0 radical (unpaired) electrons. The van der Waals surface area contributed by atoms with E-state index >= 15 is 4.79 Å². The van der Waals surface area contributed by atoms with Crippen molar-refractivity contribution in [1.82, 2.24) is 5.32 Å². The highest BCUT2D eigenvalue weighted by Crippen LogP contribution is 2.64. The van der Waals surface area contributed by atoms with E-state index in [1.807, 2.05) is 20.8 Å². The van der Waals surface area contributed by atoms with Gasteiger partial charge in [-0.3, -0.25) is 19.2 Å². The van der Waals surface area contributed by atoms with Crippen molar-refractivity contribution >= 4 is 35.6 Å². The summed E-state index contributed by atoms with van der Waals surface area (Å²) < 4.78 is 30.3. The highest BCUT2D eigenvalue weighted by Gasteiger charge is 2.78. The number of ketones is 1. The molecule has 1 heterocycles. The lowest BCUT2D eigenvalue weighted by Crippen LogP contribution is -2.82. The molecule has 1 aliphatic heterocycles. The molecule has 2 bridgehead atoms. The molecule has 11 atom stereocenters. The fraction of sp³-hybridized carbons (Fsp3) is 0.565. The van der Waals surface area contributed by atoms with Gasteiger partial charge >= 0.3 is 23.9 Å². The van der Waals surface area contributed by atoms with Gasteiger partial charge in [0.25, 0.3) is 0 Å². The van der Waals surface area contributed by atoms with Crippen molar-refractivity contribution in [3.8, 4) is 0 Å². The second kappa shape index (κ2) is 16.4. The molecule has 1 saturated heterocycles. The Hall–Kier alpha value is -4.96. The maximum absolute atomic E-state index is 15.5. The van der Waals surface area contributed by atoms with Crippen molar-refractivity contribution in [2.24, 2.45) is 22.2 Å². The summed E-state index contributed by atoms with van der Waals surface area (Å²) in [4.78, 5) is 83.2. The number of aliphatic hydroxyl groups is 3. The van der Waals surface area contributed by atoms with E-state index in [-0.39, 0.29) is 36.2 Å². The largest absolute Gasteiger partial charge is 0.456 e. The number of amides is 1. The highest BCUT2D eigenvalue weighted by molar-refractivity contribution is 5.95. The summed E-state index contributed by atoms with van der Waals surface area (Å²) in [6.07, 6.45) is -10.3. The van der Waals surface area contributed by atoms with Gasteiger partial charge in [-0.2, -0.15) is 0 Å². The van der Waals surface area contributed by atoms with E-state index in [4.69, 9.17) is 23.7 Å². The molecule has 2 aromatic rings. The lowest BCUT2D eigenvalue weighted by atomic mass is 9.44. The minimum Gasteiger partial charge on any atom is -0.456 e. The number of rotatable bonds is 10. The Labute approximate surface area is 355 Å². The number of hydrogen-bond donors (Lipinski definition) is 4. The van der Waals surface area contributed by atoms with Gasteiger partial charge in [-0.1, -0.05) is 83.1 Å². The van der Waals surface area contributed by atoms with Crippen LogP contribution in [0.15, 0.2) is 71.8 Å². The minimum absolute atomic E-state index is 0.00739. The van der Waals surface area contributed by atoms with E-state index in [1.165, 1.54) is 26.0 Å². The molecule has 4 N–H and O–H groups in total. The Kier molecular flexibility index (Phi) is 12.2. The molecule has 2 aromatic carbocycles. The number of Topliss-reactive ketones (excluding diaryl/α,β-unsaturated/α-hetero) is 1. The van der Waals surface area contributed by atoms with E-state index in [1.54, 1.807) is 62.4 Å². The predicted molar refractivity (Wildman–Crippen MR) is 216 cm³/mol. The van der Waals surface area contributed by atoms with E-state index in [0.717, 1.165) is 13.8 Å². The van der Waals surface area contributed by atoms with Crippen LogP contribution in [0, 0.1) is 22.2 Å². The van der Waals surface area contributed by atoms with E-state index in [9.17, 15) is 39.3 Å². The Morgan fingerprint density at radius 3 is 2.07 bits per heavy atom. The first kappa shape index (κ1) is 45.6. The zero-order valence-corrected chi connectivity index (χ0v) is 36.1.